The zero-order valence-electron chi connectivity index (χ0n) is 21.3. The second-order valence-corrected chi connectivity index (χ2v) is 8.98. The van der Waals surface area contributed by atoms with Gasteiger partial charge in [0.05, 0.1) is 5.41 Å². The Kier molecular flexibility index (Phi) is 6.86. The molecule has 0 spiro atoms. The molecule has 5 rings (SSSR count). The second kappa shape index (κ2) is 10.7. The van der Waals surface area contributed by atoms with Gasteiger partial charge in [-0.15, -0.1) is 6.42 Å². The van der Waals surface area contributed by atoms with Gasteiger partial charge in [-0.25, -0.2) is 0 Å². The lowest BCUT2D eigenvalue weighted by Crippen LogP contribution is -2.28. The van der Waals surface area contributed by atoms with Gasteiger partial charge < -0.3 is 10.2 Å². The molecule has 0 radical (unpaired) electrons. The summed E-state index contributed by atoms with van der Waals surface area (Å²) in [6, 6.07) is 27.6. The number of terminal acetylenes is 1. The molecule has 0 fully saturated rings. The van der Waals surface area contributed by atoms with Crippen molar-refractivity contribution in [1.29, 1.82) is 0 Å². The van der Waals surface area contributed by atoms with Crippen LogP contribution in [0.2, 0.25) is 0 Å². The standard InChI is InChI=1S/C37H22O2/c1-3-5-6-7-8-9-10-11-12-28-14-24-36-34(26-28)33-25-27(4-2)13-23-35(33)37(36,29-15-19-31(38)20-16-29)30-17-21-32(39)22-18-30/h1,13-26,38-39H,4H2,2H3. The summed E-state index contributed by atoms with van der Waals surface area (Å²) in [4.78, 5) is 0. The van der Waals surface area contributed by atoms with Gasteiger partial charge in [0, 0.05) is 5.56 Å². The molecule has 0 aliphatic heterocycles. The number of phenols is 2. The van der Waals surface area contributed by atoms with Crippen LogP contribution in [0.15, 0.2) is 84.9 Å². The van der Waals surface area contributed by atoms with E-state index in [2.05, 4.69) is 90.5 Å². The quantitative estimate of drug-likeness (QED) is 0.299. The number of phenolic OH excluding ortho intramolecular Hbond substituents is 2. The fourth-order valence-electron chi connectivity index (χ4n) is 5.19. The fourth-order valence-corrected chi connectivity index (χ4v) is 5.19. The monoisotopic (exact) mass is 498 g/mol. The average Bonchev–Trinajstić information content (AvgIpc) is 3.25. The predicted molar refractivity (Wildman–Crippen MR) is 155 cm³/mol. The van der Waals surface area contributed by atoms with Crippen molar-refractivity contribution in [2.45, 2.75) is 18.8 Å². The van der Waals surface area contributed by atoms with E-state index in [1.165, 1.54) is 5.56 Å². The first-order valence-electron chi connectivity index (χ1n) is 12.4. The summed E-state index contributed by atoms with van der Waals surface area (Å²) in [7, 11) is 0. The van der Waals surface area contributed by atoms with E-state index in [9.17, 15) is 10.2 Å². The van der Waals surface area contributed by atoms with Crippen LogP contribution in [0.25, 0.3) is 11.1 Å². The van der Waals surface area contributed by atoms with Gasteiger partial charge in [-0.05, 0) is 129 Å². The van der Waals surface area contributed by atoms with E-state index in [-0.39, 0.29) is 11.5 Å². The van der Waals surface area contributed by atoms with Gasteiger partial charge >= 0.3 is 0 Å². The van der Waals surface area contributed by atoms with Crippen LogP contribution in [0.3, 0.4) is 0 Å². The minimum absolute atomic E-state index is 0.207. The van der Waals surface area contributed by atoms with Gasteiger partial charge in [-0.1, -0.05) is 61.4 Å². The smallest absolute Gasteiger partial charge is 0.115 e. The number of benzene rings is 4. The van der Waals surface area contributed by atoms with Crippen molar-refractivity contribution in [1.82, 2.24) is 0 Å². The van der Waals surface area contributed by atoms with Crippen LogP contribution < -0.4 is 0 Å². The molecular formula is C37H22O2. The van der Waals surface area contributed by atoms with Crippen LogP contribution in [0.5, 0.6) is 11.5 Å². The molecule has 0 unspecified atom stereocenters. The lowest BCUT2D eigenvalue weighted by Gasteiger charge is -2.34. The number of aryl methyl sites for hydroxylation is 1. The van der Waals surface area contributed by atoms with Crippen LogP contribution >= 0.6 is 0 Å². The molecule has 0 heterocycles. The molecule has 2 N–H and O–H groups in total. The fraction of sp³-hybridized carbons (Fsp3) is 0.0811. The summed E-state index contributed by atoms with van der Waals surface area (Å²) in [5.41, 5.74) is 7.95. The number of hydrogen-bond donors (Lipinski definition) is 2. The third-order valence-corrected chi connectivity index (χ3v) is 6.86. The maximum Gasteiger partial charge on any atom is 0.115 e. The molecule has 0 saturated carbocycles. The maximum atomic E-state index is 10.1. The number of aromatic hydroxyl groups is 2. The van der Waals surface area contributed by atoms with Gasteiger partial charge in [-0.2, -0.15) is 0 Å². The Labute approximate surface area is 229 Å². The van der Waals surface area contributed by atoms with E-state index in [4.69, 9.17) is 6.42 Å². The molecule has 2 heteroatoms. The zero-order valence-corrected chi connectivity index (χ0v) is 21.3. The van der Waals surface area contributed by atoms with Crippen LogP contribution in [0.4, 0.5) is 0 Å². The molecule has 1 aliphatic rings. The Balaban J connectivity index is 1.73. The van der Waals surface area contributed by atoms with E-state index < -0.39 is 5.41 Å². The van der Waals surface area contributed by atoms with Crippen molar-refractivity contribution in [2.75, 3.05) is 0 Å². The number of rotatable bonds is 3. The molecule has 4 aromatic carbocycles. The first-order chi connectivity index (χ1) is 19.1. The molecule has 0 bridgehead atoms. The summed E-state index contributed by atoms with van der Waals surface area (Å²) in [6.45, 7) is 2.15. The topological polar surface area (TPSA) is 40.5 Å². The van der Waals surface area contributed by atoms with Crippen LogP contribution in [0, 0.1) is 59.7 Å². The molecule has 1 aliphatic carbocycles. The number of fused-ring (bicyclic) bond motifs is 3. The molecule has 4 aromatic rings. The lowest BCUT2D eigenvalue weighted by atomic mass is 9.67. The summed E-state index contributed by atoms with van der Waals surface area (Å²) in [5.74, 6) is 24.1. The van der Waals surface area contributed by atoms with Crippen molar-refractivity contribution in [3.8, 4) is 82.3 Å². The van der Waals surface area contributed by atoms with Gasteiger partial charge in [0.2, 0.25) is 0 Å². The Morgan fingerprint density at radius 3 is 1.69 bits per heavy atom. The van der Waals surface area contributed by atoms with Crippen molar-refractivity contribution >= 4 is 0 Å². The first-order valence-corrected chi connectivity index (χ1v) is 12.4. The summed E-state index contributed by atoms with van der Waals surface area (Å²) >= 11 is 0. The zero-order chi connectivity index (χ0) is 27.2. The maximum absolute atomic E-state index is 10.1. The summed E-state index contributed by atoms with van der Waals surface area (Å²) in [6.07, 6.45) is 5.98. The van der Waals surface area contributed by atoms with Crippen LogP contribution in [-0.2, 0) is 11.8 Å². The van der Waals surface area contributed by atoms with E-state index in [1.807, 2.05) is 30.3 Å². The van der Waals surface area contributed by atoms with Gasteiger partial charge in [0.25, 0.3) is 0 Å². The predicted octanol–water partition coefficient (Wildman–Crippen LogP) is 6.02. The van der Waals surface area contributed by atoms with Crippen LogP contribution in [-0.4, -0.2) is 10.2 Å². The van der Waals surface area contributed by atoms with E-state index >= 15 is 0 Å². The largest absolute Gasteiger partial charge is 0.508 e. The molecule has 0 aromatic heterocycles. The Bertz CT molecular complexity index is 1830. The summed E-state index contributed by atoms with van der Waals surface area (Å²) in [5, 5.41) is 20.2. The third-order valence-electron chi connectivity index (χ3n) is 6.86. The van der Waals surface area contributed by atoms with Crippen molar-refractivity contribution in [3.63, 3.8) is 0 Å². The first kappa shape index (κ1) is 25.0. The normalized spacial score (nSPS) is 11.4. The Morgan fingerprint density at radius 1 is 0.615 bits per heavy atom. The molecule has 0 amide bonds. The molecule has 2 nitrogen and oxygen atoms in total. The molecule has 39 heavy (non-hydrogen) atoms. The molecule has 0 saturated heterocycles. The van der Waals surface area contributed by atoms with Crippen molar-refractivity contribution in [3.05, 3.63) is 118 Å². The molecule has 182 valence electrons. The highest BCUT2D eigenvalue weighted by Gasteiger charge is 2.46. The highest BCUT2D eigenvalue weighted by molar-refractivity contribution is 5.87. The Hall–Kier alpha value is -5.72. The Morgan fingerprint density at radius 2 is 1.13 bits per heavy atom. The highest BCUT2D eigenvalue weighted by Crippen LogP contribution is 2.56. The van der Waals surface area contributed by atoms with E-state index in [0.717, 1.165) is 45.4 Å². The minimum atomic E-state index is -0.640. The lowest BCUT2D eigenvalue weighted by molar-refractivity contribution is 0.475. The van der Waals surface area contributed by atoms with Gasteiger partial charge in [0.1, 0.15) is 11.5 Å². The van der Waals surface area contributed by atoms with Crippen LogP contribution in [0.1, 0.15) is 40.3 Å². The second-order valence-electron chi connectivity index (χ2n) is 8.98. The minimum Gasteiger partial charge on any atom is -0.508 e. The van der Waals surface area contributed by atoms with Crippen molar-refractivity contribution < 1.29 is 10.2 Å². The molecule has 0 atom stereocenters. The highest BCUT2D eigenvalue weighted by atomic mass is 16.3. The van der Waals surface area contributed by atoms with Crippen molar-refractivity contribution in [2.24, 2.45) is 0 Å². The summed E-state index contributed by atoms with van der Waals surface area (Å²) < 4.78 is 0. The van der Waals surface area contributed by atoms with Gasteiger partial charge in [-0.3, -0.25) is 0 Å². The van der Waals surface area contributed by atoms with Gasteiger partial charge in [0.15, 0.2) is 0 Å². The average molecular weight is 499 g/mol. The SMILES string of the molecule is C#CC#CC#CC#CC#Cc1ccc2c(c1)-c1cc(CC)ccc1C2(c1ccc(O)cc1)c1ccc(O)cc1. The third kappa shape index (κ3) is 4.59. The number of hydrogen-bond acceptors (Lipinski definition) is 2. The van der Waals surface area contributed by atoms with E-state index in [0.29, 0.717) is 0 Å². The molecular weight excluding hydrogens is 476 g/mol. The van der Waals surface area contributed by atoms with E-state index in [1.54, 1.807) is 24.3 Å².